The van der Waals surface area contributed by atoms with E-state index in [0.29, 0.717) is 27.7 Å². The Morgan fingerprint density at radius 3 is 2.00 bits per heavy atom. The van der Waals surface area contributed by atoms with Crippen LogP contribution in [0.5, 0.6) is 0 Å². The lowest BCUT2D eigenvalue weighted by Gasteiger charge is -2.44. The number of allylic oxidation sites excluding steroid dienone is 2. The van der Waals surface area contributed by atoms with Gasteiger partial charge in [0.05, 0.1) is 0 Å². The fraction of sp³-hybridized carbons (Fsp3) is 0.310. The lowest BCUT2D eigenvalue weighted by atomic mass is 9.83. The first-order valence-corrected chi connectivity index (χ1v) is 19.7. The third-order valence-corrected chi connectivity index (χ3v) is 17.3. The van der Waals surface area contributed by atoms with Gasteiger partial charge in [-0.1, -0.05) is 114 Å². The van der Waals surface area contributed by atoms with Gasteiger partial charge in [-0.15, -0.1) is 0 Å². The van der Waals surface area contributed by atoms with Gasteiger partial charge in [0.1, 0.15) is 17.4 Å². The molecule has 3 aromatic heterocycles. The molecule has 8 heteroatoms. The molecule has 1 aliphatic rings. The van der Waals surface area contributed by atoms with E-state index in [1.807, 2.05) is 91.3 Å². The van der Waals surface area contributed by atoms with Crippen LogP contribution < -0.4 is 0 Å². The van der Waals surface area contributed by atoms with E-state index in [2.05, 4.69) is 50.8 Å². The van der Waals surface area contributed by atoms with Crippen molar-refractivity contribution in [1.29, 1.82) is 0 Å². The van der Waals surface area contributed by atoms with E-state index in [4.69, 9.17) is 4.98 Å². The van der Waals surface area contributed by atoms with Crippen LogP contribution >= 0.6 is 0 Å². The van der Waals surface area contributed by atoms with Crippen LogP contribution in [0, 0.1) is 5.92 Å². The predicted octanol–water partition coefficient (Wildman–Crippen LogP) is 10.7. The van der Waals surface area contributed by atoms with E-state index in [9.17, 15) is 0 Å². The van der Waals surface area contributed by atoms with Crippen molar-refractivity contribution in [2.24, 2.45) is 5.92 Å². The molecular weight excluding hydrogens is 643 g/mol. The molecule has 0 aliphatic heterocycles. The first-order valence-electron chi connectivity index (χ1n) is 17.5. The quantitative estimate of drug-likeness (QED) is 0.0744. The van der Waals surface area contributed by atoms with Gasteiger partial charge in [0, 0.05) is 60.0 Å². The van der Waals surface area contributed by atoms with Crippen LogP contribution in [-0.2, 0) is 13.1 Å². The fourth-order valence-electron chi connectivity index (χ4n) is 8.44. The minimum Gasteiger partial charge on any atom is -0.358 e. The molecule has 0 radical (unpaired) electrons. The highest BCUT2D eigenvalue weighted by Crippen LogP contribution is 2.47. The number of fused-ring (bicyclic) bond motifs is 1. The van der Waals surface area contributed by atoms with Gasteiger partial charge in [-0.25, -0.2) is 13.8 Å². The van der Waals surface area contributed by atoms with Crippen LogP contribution in [0.4, 0.5) is 8.78 Å². The molecule has 0 spiro atoms. The van der Waals surface area contributed by atoms with E-state index in [-0.39, 0.29) is 18.7 Å². The number of carbonyl (C=O) groups is 1. The molecule has 0 saturated carbocycles. The summed E-state index contributed by atoms with van der Waals surface area (Å²) < 4.78 is 36.8. The Kier molecular flexibility index (Phi) is 10.1. The van der Waals surface area contributed by atoms with Gasteiger partial charge < -0.3 is 4.23 Å². The third-order valence-electron chi connectivity index (χ3n) is 10.5. The number of halogens is 2. The lowest BCUT2D eigenvalue weighted by molar-refractivity contribution is -0.0404. The number of benzene rings is 2. The summed E-state index contributed by atoms with van der Waals surface area (Å²) in [5, 5.41) is 0.595. The van der Waals surface area contributed by atoms with Crippen LogP contribution in [0.1, 0.15) is 63.0 Å². The molecule has 1 aliphatic carbocycles. The highest BCUT2D eigenvalue weighted by molar-refractivity contribution is 6.82. The third kappa shape index (κ3) is 6.31. The molecule has 2 unspecified atom stereocenters. The second-order valence-corrected chi connectivity index (χ2v) is 20.1. The minimum atomic E-state index is -2.47. The molecule has 0 bridgehead atoms. The van der Waals surface area contributed by atoms with Crippen molar-refractivity contribution in [3.8, 4) is 11.1 Å². The molecule has 0 fully saturated rings. The molecule has 50 heavy (non-hydrogen) atoms. The normalized spacial score (nSPS) is 18.1. The zero-order chi connectivity index (χ0) is 35.6. The molecule has 258 valence electrons. The largest absolute Gasteiger partial charge is 0.358 e. The summed E-state index contributed by atoms with van der Waals surface area (Å²) in [6, 6.07) is 24.8. The molecule has 2 aromatic carbocycles. The number of carbonyl (C=O) groups excluding carboxylic acids is 1. The Morgan fingerprint density at radius 1 is 0.860 bits per heavy atom. The van der Waals surface area contributed by atoms with Crippen molar-refractivity contribution in [3.05, 3.63) is 144 Å². The van der Waals surface area contributed by atoms with Gasteiger partial charge >= 0.3 is 0 Å². The van der Waals surface area contributed by atoms with E-state index >= 15 is 13.6 Å². The Hall–Kier alpha value is -4.53. The molecule has 6 rings (SSSR count). The molecule has 0 amide bonds. The standard InChI is InChI=1S/C42H46F2N4OSi/c1-29(2)50(30(3)4,31(5)6)48-28-37(36-23-35(25-46-41(36)48)34-19-14-22-45-24-34)40(49)39-38(43)20-13-21-42(39,44)47(26-32-15-9-7-10-16-32)27-33-17-11-8-12-18-33/h7-25,28-31,39H,26-27H2,1-6H3. The molecule has 0 N–H and O–H groups in total. The Balaban J connectivity index is 1.56. The number of ketones is 1. The zero-order valence-corrected chi connectivity index (χ0v) is 30.7. The summed E-state index contributed by atoms with van der Waals surface area (Å²) in [6.07, 6.45) is 11.1. The summed E-state index contributed by atoms with van der Waals surface area (Å²) in [4.78, 5) is 26.0. The first-order chi connectivity index (χ1) is 24.0. The number of pyridine rings is 2. The number of hydrogen-bond donors (Lipinski definition) is 0. The number of aromatic nitrogens is 3. The van der Waals surface area contributed by atoms with Crippen LogP contribution in [0.3, 0.4) is 0 Å². The average Bonchev–Trinajstić information content (AvgIpc) is 3.48. The van der Waals surface area contributed by atoms with Crippen LogP contribution in [0.25, 0.3) is 22.2 Å². The van der Waals surface area contributed by atoms with Crippen molar-refractivity contribution in [1.82, 2.24) is 19.1 Å². The van der Waals surface area contributed by atoms with Crippen LogP contribution in [0.15, 0.2) is 128 Å². The number of rotatable bonds is 12. The fourth-order valence-corrected chi connectivity index (χ4v) is 15.0. The second kappa shape index (κ2) is 14.4. The molecule has 5 aromatic rings. The molecule has 2 atom stereocenters. The summed E-state index contributed by atoms with van der Waals surface area (Å²) in [6.45, 7) is 13.8. The highest BCUT2D eigenvalue weighted by Gasteiger charge is 2.52. The van der Waals surface area contributed by atoms with Gasteiger partial charge in [0.25, 0.3) is 0 Å². The van der Waals surface area contributed by atoms with Crippen molar-refractivity contribution in [3.63, 3.8) is 0 Å². The van der Waals surface area contributed by atoms with Crippen molar-refractivity contribution >= 4 is 25.1 Å². The van der Waals surface area contributed by atoms with Gasteiger partial charge in [-0.2, -0.15) is 0 Å². The topological polar surface area (TPSA) is 51.0 Å². The maximum absolute atomic E-state index is 18.1. The molecule has 5 nitrogen and oxygen atoms in total. The Morgan fingerprint density at radius 2 is 1.46 bits per heavy atom. The number of hydrogen-bond acceptors (Lipinski definition) is 4. The summed E-state index contributed by atoms with van der Waals surface area (Å²) in [5.74, 6) is -5.60. The summed E-state index contributed by atoms with van der Waals surface area (Å²) >= 11 is 0. The van der Waals surface area contributed by atoms with E-state index in [0.717, 1.165) is 22.3 Å². The number of Topliss-reactive ketones (excluding diaryl/α,β-unsaturated/α-hetero) is 1. The van der Waals surface area contributed by atoms with Crippen LogP contribution in [0.2, 0.25) is 16.6 Å². The van der Waals surface area contributed by atoms with Gasteiger partial charge in [0.2, 0.25) is 0 Å². The zero-order valence-electron chi connectivity index (χ0n) is 29.7. The Bertz CT molecular complexity index is 1940. The van der Waals surface area contributed by atoms with Gasteiger partial charge in [-0.05, 0) is 52.0 Å². The molecule has 3 heterocycles. The van der Waals surface area contributed by atoms with Crippen molar-refractivity contribution in [2.75, 3.05) is 0 Å². The second-order valence-electron chi connectivity index (χ2n) is 14.4. The predicted molar refractivity (Wildman–Crippen MR) is 202 cm³/mol. The highest BCUT2D eigenvalue weighted by atomic mass is 28.3. The molecular formula is C42H46F2N4OSi. The monoisotopic (exact) mass is 688 g/mol. The maximum atomic E-state index is 18.1. The molecule has 0 saturated heterocycles. The SMILES string of the molecule is CC(C)[Si](C(C)C)(C(C)C)n1cc(C(=O)C2C(F)=CC=CC2(F)N(Cc2ccccc2)Cc2ccccc2)c2cc(-c3cccnc3)cnc21. The van der Waals surface area contributed by atoms with Gasteiger partial charge in [0.15, 0.2) is 19.8 Å². The number of nitrogens with zero attached hydrogens (tertiary/aromatic N) is 4. The van der Waals surface area contributed by atoms with Crippen molar-refractivity contribution in [2.45, 2.75) is 77.0 Å². The average molecular weight is 689 g/mol. The smallest absolute Gasteiger partial charge is 0.200 e. The first kappa shape index (κ1) is 35.3. The minimum absolute atomic E-state index is 0.173. The summed E-state index contributed by atoms with van der Waals surface area (Å²) in [5.41, 5.74) is 5.18. The van der Waals surface area contributed by atoms with E-state index in [1.54, 1.807) is 17.3 Å². The van der Waals surface area contributed by atoms with E-state index in [1.165, 1.54) is 18.2 Å². The summed E-state index contributed by atoms with van der Waals surface area (Å²) in [7, 11) is -2.45. The van der Waals surface area contributed by atoms with Crippen LogP contribution in [-0.4, -0.2) is 38.9 Å². The van der Waals surface area contributed by atoms with Gasteiger partial charge in [-0.3, -0.25) is 14.7 Å². The van der Waals surface area contributed by atoms with E-state index < -0.39 is 31.6 Å². The lowest BCUT2D eigenvalue weighted by Crippen LogP contribution is -2.52. The van der Waals surface area contributed by atoms with Crippen molar-refractivity contribution < 1.29 is 13.6 Å². The maximum Gasteiger partial charge on any atom is 0.200 e. The Labute approximate surface area is 295 Å². The number of alkyl halides is 1.